The van der Waals surface area contributed by atoms with Crippen molar-refractivity contribution in [2.45, 2.75) is 32.9 Å². The molecule has 1 N–H and O–H groups in total. The molecule has 1 atom stereocenters. The lowest BCUT2D eigenvalue weighted by Crippen LogP contribution is -2.11. The van der Waals surface area contributed by atoms with Crippen LogP contribution in [0.2, 0.25) is 0 Å². The van der Waals surface area contributed by atoms with E-state index in [0.29, 0.717) is 6.04 Å². The number of hydrogen-bond acceptors (Lipinski definition) is 3. The minimum atomic E-state index is 0.445. The van der Waals surface area contributed by atoms with E-state index in [1.807, 2.05) is 16.9 Å². The fourth-order valence-corrected chi connectivity index (χ4v) is 2.21. The topological polar surface area (TPSA) is 29.9 Å². The highest BCUT2D eigenvalue weighted by molar-refractivity contribution is 7.09. The van der Waals surface area contributed by atoms with Gasteiger partial charge in [-0.2, -0.15) is 5.10 Å². The summed E-state index contributed by atoms with van der Waals surface area (Å²) in [4.78, 5) is 1.34. The van der Waals surface area contributed by atoms with Crippen LogP contribution in [-0.4, -0.2) is 9.78 Å². The molecule has 0 aliphatic heterocycles. The summed E-state index contributed by atoms with van der Waals surface area (Å²) in [7, 11) is 0. The average molecular weight is 235 g/mol. The normalized spacial score (nSPS) is 12.6. The highest BCUT2D eigenvalue weighted by Gasteiger charge is 2.07. The zero-order valence-corrected chi connectivity index (χ0v) is 10.5. The van der Waals surface area contributed by atoms with Crippen LogP contribution in [0.5, 0.6) is 0 Å². The maximum absolute atomic E-state index is 4.34. The minimum Gasteiger partial charge on any atom is -0.365 e. The van der Waals surface area contributed by atoms with Crippen LogP contribution in [0, 0.1) is 0 Å². The summed E-state index contributed by atoms with van der Waals surface area (Å²) in [6.45, 7) is 5.23. The van der Waals surface area contributed by atoms with E-state index >= 15 is 0 Å². The largest absolute Gasteiger partial charge is 0.365 e. The summed E-state index contributed by atoms with van der Waals surface area (Å²) in [6.07, 6.45) is 2.94. The highest BCUT2D eigenvalue weighted by atomic mass is 32.1. The number of aromatic nitrogens is 2. The fraction of sp³-hybridized carbons (Fsp3) is 0.417. The molecule has 0 aliphatic rings. The van der Waals surface area contributed by atoms with Gasteiger partial charge in [0, 0.05) is 10.9 Å². The molecule has 3 nitrogen and oxygen atoms in total. The van der Waals surface area contributed by atoms with Gasteiger partial charge >= 0.3 is 0 Å². The average Bonchev–Trinajstić information content (AvgIpc) is 2.96. The standard InChI is InChI=1S/C12H17N3S/c1-3-10(2)15-12(6-7-14-15)13-9-11-5-4-8-16-11/h4-8,10,13H,3,9H2,1-2H3. The van der Waals surface area contributed by atoms with Gasteiger partial charge in [-0.1, -0.05) is 13.0 Å². The molecule has 2 heterocycles. The summed E-state index contributed by atoms with van der Waals surface area (Å²) in [6, 6.07) is 6.69. The maximum atomic E-state index is 4.34. The first-order valence-electron chi connectivity index (χ1n) is 5.61. The molecule has 0 aliphatic carbocycles. The Morgan fingerprint density at radius 2 is 2.38 bits per heavy atom. The smallest absolute Gasteiger partial charge is 0.124 e. The molecule has 2 aromatic heterocycles. The Kier molecular flexibility index (Phi) is 3.62. The Balaban J connectivity index is 2.01. The molecule has 0 aromatic carbocycles. The van der Waals surface area contributed by atoms with E-state index in [9.17, 15) is 0 Å². The number of rotatable bonds is 5. The van der Waals surface area contributed by atoms with Crippen LogP contribution in [0.3, 0.4) is 0 Å². The molecular weight excluding hydrogens is 218 g/mol. The van der Waals surface area contributed by atoms with Gasteiger partial charge in [0.2, 0.25) is 0 Å². The third kappa shape index (κ3) is 2.44. The van der Waals surface area contributed by atoms with Gasteiger partial charge in [-0.25, -0.2) is 4.68 Å². The van der Waals surface area contributed by atoms with Gasteiger partial charge in [-0.15, -0.1) is 11.3 Å². The molecule has 2 aromatic rings. The Hall–Kier alpha value is -1.29. The quantitative estimate of drug-likeness (QED) is 0.859. The van der Waals surface area contributed by atoms with Crippen molar-refractivity contribution in [1.82, 2.24) is 9.78 Å². The van der Waals surface area contributed by atoms with Crippen molar-refractivity contribution in [2.75, 3.05) is 5.32 Å². The molecule has 0 saturated heterocycles. The van der Waals surface area contributed by atoms with Crippen molar-refractivity contribution >= 4 is 17.2 Å². The molecule has 1 unspecified atom stereocenters. The molecular formula is C12H17N3S. The molecule has 86 valence electrons. The van der Waals surface area contributed by atoms with Crippen LogP contribution in [-0.2, 0) is 6.54 Å². The molecule has 0 spiro atoms. The van der Waals surface area contributed by atoms with Crippen molar-refractivity contribution in [3.63, 3.8) is 0 Å². The van der Waals surface area contributed by atoms with Crippen LogP contribution in [0.15, 0.2) is 29.8 Å². The van der Waals surface area contributed by atoms with Crippen molar-refractivity contribution in [2.24, 2.45) is 0 Å². The van der Waals surface area contributed by atoms with Gasteiger partial charge in [0.1, 0.15) is 5.82 Å². The number of anilines is 1. The van der Waals surface area contributed by atoms with E-state index in [-0.39, 0.29) is 0 Å². The second-order valence-corrected chi connectivity index (χ2v) is 4.88. The van der Waals surface area contributed by atoms with Gasteiger partial charge in [0.25, 0.3) is 0 Å². The molecule has 0 fully saturated rings. The van der Waals surface area contributed by atoms with Gasteiger partial charge < -0.3 is 5.32 Å². The summed E-state index contributed by atoms with van der Waals surface area (Å²) in [5, 5.41) is 9.87. The predicted molar refractivity (Wildman–Crippen MR) is 68.9 cm³/mol. The molecule has 2 rings (SSSR count). The lowest BCUT2D eigenvalue weighted by molar-refractivity contribution is 0.482. The van der Waals surface area contributed by atoms with Gasteiger partial charge in [0.15, 0.2) is 0 Å². The number of hydrogen-bond donors (Lipinski definition) is 1. The Bertz CT molecular complexity index is 419. The Morgan fingerprint density at radius 1 is 1.50 bits per heavy atom. The van der Waals surface area contributed by atoms with E-state index < -0.39 is 0 Å². The van der Waals surface area contributed by atoms with E-state index in [1.54, 1.807) is 11.3 Å². The molecule has 0 saturated carbocycles. The predicted octanol–water partition coefficient (Wildman–Crippen LogP) is 3.53. The van der Waals surface area contributed by atoms with Crippen LogP contribution in [0.25, 0.3) is 0 Å². The van der Waals surface area contributed by atoms with E-state index in [2.05, 4.69) is 41.8 Å². The van der Waals surface area contributed by atoms with Crippen LogP contribution >= 0.6 is 11.3 Å². The Labute approximate surface area is 100 Å². The second-order valence-electron chi connectivity index (χ2n) is 3.85. The zero-order valence-electron chi connectivity index (χ0n) is 9.68. The van der Waals surface area contributed by atoms with E-state index in [4.69, 9.17) is 0 Å². The van der Waals surface area contributed by atoms with Crippen molar-refractivity contribution < 1.29 is 0 Å². The number of nitrogens with zero attached hydrogens (tertiary/aromatic N) is 2. The fourth-order valence-electron chi connectivity index (χ4n) is 1.57. The summed E-state index contributed by atoms with van der Waals surface area (Å²) in [5.74, 6) is 1.10. The van der Waals surface area contributed by atoms with Crippen molar-refractivity contribution in [3.05, 3.63) is 34.7 Å². The molecule has 16 heavy (non-hydrogen) atoms. The van der Waals surface area contributed by atoms with Crippen molar-refractivity contribution in [1.29, 1.82) is 0 Å². The van der Waals surface area contributed by atoms with Crippen LogP contribution in [0.1, 0.15) is 31.2 Å². The third-order valence-corrected chi connectivity index (χ3v) is 3.58. The van der Waals surface area contributed by atoms with E-state index in [0.717, 1.165) is 18.8 Å². The monoisotopic (exact) mass is 235 g/mol. The molecule has 4 heteroatoms. The molecule has 0 radical (unpaired) electrons. The van der Waals surface area contributed by atoms with Gasteiger partial charge in [-0.05, 0) is 24.8 Å². The van der Waals surface area contributed by atoms with Crippen molar-refractivity contribution in [3.8, 4) is 0 Å². The van der Waals surface area contributed by atoms with Gasteiger partial charge in [-0.3, -0.25) is 0 Å². The molecule has 0 bridgehead atoms. The first-order valence-corrected chi connectivity index (χ1v) is 6.49. The summed E-state index contributed by atoms with van der Waals surface area (Å²) in [5.41, 5.74) is 0. The maximum Gasteiger partial charge on any atom is 0.124 e. The van der Waals surface area contributed by atoms with Crippen LogP contribution in [0.4, 0.5) is 5.82 Å². The van der Waals surface area contributed by atoms with Crippen LogP contribution < -0.4 is 5.32 Å². The number of nitrogens with one attached hydrogen (secondary N) is 1. The Morgan fingerprint density at radius 3 is 3.06 bits per heavy atom. The summed E-state index contributed by atoms with van der Waals surface area (Å²) >= 11 is 1.77. The zero-order chi connectivity index (χ0) is 11.4. The first kappa shape index (κ1) is 11.2. The molecule has 0 amide bonds. The highest BCUT2D eigenvalue weighted by Crippen LogP contribution is 2.18. The lowest BCUT2D eigenvalue weighted by Gasteiger charge is -2.14. The third-order valence-electron chi connectivity index (χ3n) is 2.70. The number of thiophene rings is 1. The van der Waals surface area contributed by atoms with Gasteiger partial charge in [0.05, 0.1) is 18.8 Å². The van der Waals surface area contributed by atoms with E-state index in [1.165, 1.54) is 4.88 Å². The first-order chi connectivity index (χ1) is 7.81. The lowest BCUT2D eigenvalue weighted by atomic mass is 10.3. The summed E-state index contributed by atoms with van der Waals surface area (Å²) < 4.78 is 2.05. The SMILES string of the molecule is CCC(C)n1nccc1NCc1cccs1. The minimum absolute atomic E-state index is 0.445. The second kappa shape index (κ2) is 5.16.